The molecule has 0 aliphatic heterocycles. The molecule has 2 aromatic rings. The van der Waals surface area contributed by atoms with Crippen LogP contribution in [0, 0.1) is 11.8 Å². The minimum atomic E-state index is 0. The zero-order chi connectivity index (χ0) is 42.4. The molecule has 3 heteroatoms. The van der Waals surface area contributed by atoms with Crippen LogP contribution in [0.4, 0.5) is 11.4 Å². The van der Waals surface area contributed by atoms with E-state index in [1.165, 1.54) is 189 Å². The van der Waals surface area contributed by atoms with E-state index in [4.69, 9.17) is 9.98 Å². The Labute approximate surface area is 384 Å². The number of benzene rings is 2. The molecule has 0 N–H and O–H groups in total. The van der Waals surface area contributed by atoms with Gasteiger partial charge in [-0.2, -0.15) is 0 Å². The Hall–Kier alpha value is -2.17. The average Bonchev–Trinajstić information content (AvgIpc) is 3.23. The molecule has 2 aromatic carbocycles. The van der Waals surface area contributed by atoms with E-state index >= 15 is 0 Å². The van der Waals surface area contributed by atoms with Gasteiger partial charge < -0.3 is 0 Å². The monoisotopic (exact) mass is 865 g/mol. The van der Waals surface area contributed by atoms with Crippen LogP contribution in [0.5, 0.6) is 0 Å². The average molecular weight is 866 g/mol. The normalized spacial score (nSPS) is 11.8. The zero-order valence-corrected chi connectivity index (χ0v) is 41.4. The van der Waals surface area contributed by atoms with Gasteiger partial charge in [0.2, 0.25) is 0 Å². The van der Waals surface area contributed by atoms with Gasteiger partial charge in [-0.15, -0.1) is 0 Å². The van der Waals surface area contributed by atoms with E-state index in [0.29, 0.717) is 0 Å². The van der Waals surface area contributed by atoms with Gasteiger partial charge in [0.1, 0.15) is 5.71 Å². The topological polar surface area (TPSA) is 24.7 Å². The van der Waals surface area contributed by atoms with Crippen molar-refractivity contribution in [2.75, 3.05) is 0 Å². The van der Waals surface area contributed by atoms with E-state index in [0.717, 1.165) is 80.6 Å². The molecule has 2 nitrogen and oxygen atoms in total. The number of aliphatic imine (C=N–C) groups is 2. The molecule has 0 aromatic heterocycles. The van der Waals surface area contributed by atoms with Crippen LogP contribution in [-0.2, 0) is 42.2 Å². The molecule has 0 aliphatic carbocycles. The van der Waals surface area contributed by atoms with E-state index in [9.17, 15) is 0 Å². The number of aryl methyl sites for hydroxylation is 4. The molecule has 0 saturated heterocycles. The molecule has 0 spiro atoms. The predicted octanol–water partition coefficient (Wildman–Crippen LogP) is 18.9. The minimum absolute atomic E-state index is 0. The van der Waals surface area contributed by atoms with E-state index < -0.39 is 0 Å². The number of rotatable bonds is 37. The second-order valence-electron chi connectivity index (χ2n) is 17.9. The summed E-state index contributed by atoms with van der Waals surface area (Å²) in [6.07, 6.45) is 45.6. The van der Waals surface area contributed by atoms with E-state index in [1.54, 1.807) is 0 Å². The van der Waals surface area contributed by atoms with E-state index in [1.807, 2.05) is 0 Å². The van der Waals surface area contributed by atoms with Crippen molar-refractivity contribution in [1.82, 2.24) is 0 Å². The molecule has 0 fully saturated rings. The molecule has 342 valence electrons. The minimum Gasteiger partial charge on any atom is -0.251 e. The van der Waals surface area contributed by atoms with Crippen molar-refractivity contribution < 1.29 is 16.5 Å². The van der Waals surface area contributed by atoms with Crippen molar-refractivity contribution >= 4 is 22.8 Å². The molecule has 0 saturated carbocycles. The van der Waals surface area contributed by atoms with Gasteiger partial charge in [0, 0.05) is 22.9 Å². The van der Waals surface area contributed by atoms with E-state index in [2.05, 4.69) is 89.8 Å². The third kappa shape index (κ3) is 27.0. The van der Waals surface area contributed by atoms with E-state index in [-0.39, 0.29) is 16.5 Å². The molecule has 0 unspecified atom stereocenters. The maximum Gasteiger partial charge on any atom is 0.135 e. The Kier molecular flexibility index (Phi) is 36.9. The van der Waals surface area contributed by atoms with Crippen LogP contribution in [-0.4, -0.2) is 11.4 Å². The first kappa shape index (κ1) is 55.9. The molecule has 0 aliphatic rings. The summed E-state index contributed by atoms with van der Waals surface area (Å²) in [5, 5.41) is 0. The molecule has 0 radical (unpaired) electrons. The summed E-state index contributed by atoms with van der Waals surface area (Å²) >= 11 is 0. The van der Waals surface area contributed by atoms with Gasteiger partial charge in [0.25, 0.3) is 0 Å². The molecule has 0 atom stereocenters. The largest absolute Gasteiger partial charge is 0.251 e. The quantitative estimate of drug-likeness (QED) is 0.0280. The molecule has 2 rings (SSSR count). The molecular formula is C57H94N2Ni. The first-order valence-corrected chi connectivity index (χ1v) is 26.0. The summed E-state index contributed by atoms with van der Waals surface area (Å²) in [4.78, 5) is 10.7. The van der Waals surface area contributed by atoms with Crippen LogP contribution in [0.25, 0.3) is 0 Å². The molecular weight excluding hydrogens is 771 g/mol. The fourth-order valence-corrected chi connectivity index (χ4v) is 8.58. The summed E-state index contributed by atoms with van der Waals surface area (Å²) < 4.78 is 0. The molecule has 0 bridgehead atoms. The van der Waals surface area contributed by atoms with Gasteiger partial charge >= 0.3 is 0 Å². The van der Waals surface area contributed by atoms with Crippen molar-refractivity contribution in [2.24, 2.45) is 9.98 Å². The smallest absolute Gasteiger partial charge is 0.135 e. The Morgan fingerprint density at radius 1 is 0.383 bits per heavy atom. The molecule has 0 heterocycles. The second kappa shape index (κ2) is 39.7. The van der Waals surface area contributed by atoms with Crippen LogP contribution < -0.4 is 0 Å². The Balaban J connectivity index is 0.0000180. The first-order valence-electron chi connectivity index (χ1n) is 26.0. The van der Waals surface area contributed by atoms with Crippen LogP contribution in [0.15, 0.2) is 46.4 Å². The summed E-state index contributed by atoms with van der Waals surface area (Å²) in [6, 6.07) is 13.8. The third-order valence-corrected chi connectivity index (χ3v) is 12.1. The SMILES string of the molecule is CCCCCCCCCCCCCCCCCCCCCCCCC#CC(=Nc1ccc(CCC)c(CCC)c1)C(CCCCC)=Nc1ccc(CCC)c(CCC)c1.[Ni]. The van der Waals surface area contributed by atoms with Crippen LogP contribution >= 0.6 is 0 Å². The number of nitrogens with zero attached hydrogens (tertiary/aromatic N) is 2. The van der Waals surface area contributed by atoms with Crippen molar-refractivity contribution in [1.29, 1.82) is 0 Å². The van der Waals surface area contributed by atoms with Crippen molar-refractivity contribution in [3.05, 3.63) is 58.7 Å². The standard InChI is InChI=1S/C57H94N2.Ni/c1-7-13-15-16-17-18-19-20-21-22-23-24-25-26-27-28-29-30-31-32-33-34-35-37-43-57(59-55-47-45-51(39-10-4)53(49-55)41-12-6)56(42-36-14-8-2)58-54-46-44-50(38-9-3)52(48-54)40-11-5;/h44-49H,7-36,38-42H2,1-6H3;. The number of unbranched alkanes of at least 4 members (excludes halogenated alkanes) is 24. The maximum atomic E-state index is 5.37. The summed E-state index contributed by atoms with van der Waals surface area (Å²) in [5.74, 6) is 7.20. The number of hydrogen-bond acceptors (Lipinski definition) is 2. The van der Waals surface area contributed by atoms with Crippen LogP contribution in [0.2, 0.25) is 0 Å². The second-order valence-corrected chi connectivity index (χ2v) is 17.9. The fourth-order valence-electron chi connectivity index (χ4n) is 8.58. The van der Waals surface area contributed by atoms with Gasteiger partial charge in [-0.1, -0.05) is 233 Å². The van der Waals surface area contributed by atoms with Crippen molar-refractivity contribution in [3.8, 4) is 11.8 Å². The summed E-state index contributed by atoms with van der Waals surface area (Å²) in [5.41, 5.74) is 9.85. The van der Waals surface area contributed by atoms with Crippen molar-refractivity contribution in [3.63, 3.8) is 0 Å². The van der Waals surface area contributed by atoms with Gasteiger partial charge in [-0.3, -0.25) is 4.99 Å². The van der Waals surface area contributed by atoms with Crippen LogP contribution in [0.1, 0.15) is 263 Å². The summed E-state index contributed by atoms with van der Waals surface area (Å²) in [7, 11) is 0. The Bertz CT molecular complexity index is 1440. The molecule has 60 heavy (non-hydrogen) atoms. The zero-order valence-electron chi connectivity index (χ0n) is 40.4. The number of hydrogen-bond donors (Lipinski definition) is 0. The Morgan fingerprint density at radius 2 is 0.733 bits per heavy atom. The first-order chi connectivity index (χ1) is 29.1. The maximum absolute atomic E-state index is 5.37. The third-order valence-electron chi connectivity index (χ3n) is 12.1. The van der Waals surface area contributed by atoms with Gasteiger partial charge in [0.05, 0.1) is 17.1 Å². The Morgan fingerprint density at radius 3 is 1.13 bits per heavy atom. The van der Waals surface area contributed by atoms with Gasteiger partial charge in [-0.25, -0.2) is 4.99 Å². The van der Waals surface area contributed by atoms with Gasteiger partial charge in [-0.05, 0) is 97.4 Å². The fraction of sp³-hybridized carbons (Fsp3) is 0.719. The molecule has 0 amide bonds. The predicted molar refractivity (Wildman–Crippen MR) is 267 cm³/mol. The van der Waals surface area contributed by atoms with Crippen molar-refractivity contribution in [2.45, 2.75) is 266 Å². The van der Waals surface area contributed by atoms with Crippen LogP contribution in [0.3, 0.4) is 0 Å². The van der Waals surface area contributed by atoms with Gasteiger partial charge in [0.15, 0.2) is 0 Å². The summed E-state index contributed by atoms with van der Waals surface area (Å²) in [6.45, 7) is 13.7.